The summed E-state index contributed by atoms with van der Waals surface area (Å²) in [5, 5.41) is 18.4. The normalized spacial score (nSPS) is 21.8. The number of amides is 1. The van der Waals surface area contributed by atoms with Crippen LogP contribution in [0.25, 0.3) is 0 Å². The summed E-state index contributed by atoms with van der Waals surface area (Å²) in [4.78, 5) is 39.2. The van der Waals surface area contributed by atoms with Crippen molar-refractivity contribution in [1.82, 2.24) is 34.6 Å². The fourth-order valence-electron chi connectivity index (χ4n) is 5.15. The molecule has 0 radical (unpaired) electrons. The molecule has 178 valence electrons. The van der Waals surface area contributed by atoms with Crippen LogP contribution in [0.15, 0.2) is 23.3 Å². The summed E-state index contributed by atoms with van der Waals surface area (Å²) in [6.45, 7) is 6.66. The maximum atomic E-state index is 13.1. The highest BCUT2D eigenvalue weighted by Crippen LogP contribution is 2.35. The van der Waals surface area contributed by atoms with Crippen molar-refractivity contribution in [1.29, 1.82) is 0 Å². The molecular weight excluding hydrogens is 426 g/mol. The van der Waals surface area contributed by atoms with Crippen LogP contribution in [-0.4, -0.2) is 77.7 Å². The van der Waals surface area contributed by atoms with Crippen molar-refractivity contribution in [2.45, 2.75) is 58.2 Å². The Morgan fingerprint density at radius 1 is 1.15 bits per heavy atom. The van der Waals surface area contributed by atoms with Gasteiger partial charge in [0.1, 0.15) is 6.33 Å². The van der Waals surface area contributed by atoms with Gasteiger partial charge in [0.25, 0.3) is 11.5 Å². The summed E-state index contributed by atoms with van der Waals surface area (Å²) in [5.74, 6) is -0.109. The third-order valence-corrected chi connectivity index (χ3v) is 6.57. The molecule has 0 unspecified atom stereocenters. The molecule has 11 heteroatoms. The van der Waals surface area contributed by atoms with Crippen molar-refractivity contribution in [2.24, 2.45) is 5.92 Å². The van der Waals surface area contributed by atoms with Gasteiger partial charge < -0.3 is 14.6 Å². The fraction of sp³-hybridized carbons (Fsp3) is 0.636. The van der Waals surface area contributed by atoms with Crippen LogP contribution in [0.2, 0.25) is 0 Å². The number of fused-ring (bicyclic) bond motifs is 4. The summed E-state index contributed by atoms with van der Waals surface area (Å²) in [7, 11) is 0. The van der Waals surface area contributed by atoms with Gasteiger partial charge in [0, 0.05) is 56.7 Å². The van der Waals surface area contributed by atoms with Crippen molar-refractivity contribution in [3.05, 3.63) is 40.1 Å². The highest BCUT2D eigenvalue weighted by Gasteiger charge is 2.36. The van der Waals surface area contributed by atoms with E-state index in [2.05, 4.69) is 26.5 Å². The maximum absolute atomic E-state index is 13.1. The maximum Gasteiger partial charge on any atom is 0.300 e. The SMILES string of the molecule is CC(=O)O.O=C(CCn1cnnn1)N1C[C@@H]2C[C@H](C1)c1ccc(CN3CCCC3)c(=O)n1C2. The largest absolute Gasteiger partial charge is 0.481 e. The highest BCUT2D eigenvalue weighted by atomic mass is 16.4. The highest BCUT2D eigenvalue weighted by molar-refractivity contribution is 5.76. The number of carbonyl (C=O) groups is 2. The molecule has 0 aliphatic carbocycles. The molecule has 2 atom stereocenters. The first-order chi connectivity index (χ1) is 15.9. The lowest BCUT2D eigenvalue weighted by Crippen LogP contribution is -2.49. The van der Waals surface area contributed by atoms with Gasteiger partial charge in [0.15, 0.2) is 0 Å². The van der Waals surface area contributed by atoms with Gasteiger partial charge in [-0.05, 0) is 54.8 Å². The quantitative estimate of drug-likeness (QED) is 0.690. The van der Waals surface area contributed by atoms with Crippen molar-refractivity contribution < 1.29 is 14.7 Å². The zero-order valence-corrected chi connectivity index (χ0v) is 19.0. The predicted octanol–water partition coefficient (Wildman–Crippen LogP) is 0.558. The molecule has 2 fully saturated rings. The average Bonchev–Trinajstić information content (AvgIpc) is 3.48. The van der Waals surface area contributed by atoms with E-state index in [0.717, 1.165) is 57.3 Å². The van der Waals surface area contributed by atoms with Crippen LogP contribution >= 0.6 is 0 Å². The van der Waals surface area contributed by atoms with E-state index in [0.29, 0.717) is 25.4 Å². The fourth-order valence-corrected chi connectivity index (χ4v) is 5.15. The van der Waals surface area contributed by atoms with Gasteiger partial charge in [0.2, 0.25) is 5.91 Å². The Morgan fingerprint density at radius 2 is 1.91 bits per heavy atom. The molecule has 5 rings (SSSR count). The summed E-state index contributed by atoms with van der Waals surface area (Å²) in [5.41, 5.74) is 2.17. The van der Waals surface area contributed by atoms with Crippen LogP contribution in [0.1, 0.15) is 49.8 Å². The van der Waals surface area contributed by atoms with Gasteiger partial charge in [-0.15, -0.1) is 5.10 Å². The van der Waals surface area contributed by atoms with E-state index in [9.17, 15) is 9.59 Å². The Bertz CT molecular complexity index is 1030. The van der Waals surface area contributed by atoms with Crippen molar-refractivity contribution in [3.8, 4) is 0 Å². The van der Waals surface area contributed by atoms with Crippen molar-refractivity contribution >= 4 is 11.9 Å². The van der Waals surface area contributed by atoms with E-state index in [1.54, 1.807) is 4.68 Å². The van der Waals surface area contributed by atoms with Gasteiger partial charge in [-0.25, -0.2) is 4.68 Å². The average molecular weight is 458 g/mol. The first kappa shape index (κ1) is 23.1. The van der Waals surface area contributed by atoms with Crippen LogP contribution < -0.4 is 5.56 Å². The van der Waals surface area contributed by atoms with Gasteiger partial charge in [-0.1, -0.05) is 6.07 Å². The van der Waals surface area contributed by atoms with E-state index in [-0.39, 0.29) is 17.4 Å². The second kappa shape index (κ2) is 10.2. The van der Waals surface area contributed by atoms with Crippen LogP contribution in [0.3, 0.4) is 0 Å². The lowest BCUT2D eigenvalue weighted by molar-refractivity contribution is -0.135. The summed E-state index contributed by atoms with van der Waals surface area (Å²) < 4.78 is 3.58. The number of carboxylic acids is 1. The Hall–Kier alpha value is -3.08. The number of hydrogen-bond donors (Lipinski definition) is 1. The Labute approximate surface area is 192 Å². The molecule has 1 N–H and O–H groups in total. The number of carbonyl (C=O) groups excluding carboxylic acids is 1. The molecule has 11 nitrogen and oxygen atoms in total. The van der Waals surface area contributed by atoms with E-state index in [4.69, 9.17) is 9.90 Å². The number of aromatic nitrogens is 5. The molecule has 0 spiro atoms. The van der Waals surface area contributed by atoms with Gasteiger partial charge in [0.05, 0.1) is 6.54 Å². The Morgan fingerprint density at radius 3 is 2.61 bits per heavy atom. The zero-order valence-electron chi connectivity index (χ0n) is 19.0. The second-order valence-electron chi connectivity index (χ2n) is 9.12. The van der Waals surface area contributed by atoms with Crippen molar-refractivity contribution in [2.75, 3.05) is 26.2 Å². The van der Waals surface area contributed by atoms with Gasteiger partial charge in [-0.3, -0.25) is 19.3 Å². The number of tetrazole rings is 1. The third-order valence-electron chi connectivity index (χ3n) is 6.57. The molecule has 33 heavy (non-hydrogen) atoms. The molecule has 0 aromatic carbocycles. The summed E-state index contributed by atoms with van der Waals surface area (Å²) in [6.07, 6.45) is 5.44. The predicted molar refractivity (Wildman–Crippen MR) is 118 cm³/mol. The molecular formula is C22H31N7O4. The first-order valence-electron chi connectivity index (χ1n) is 11.5. The number of aliphatic carboxylic acids is 1. The van der Waals surface area contributed by atoms with E-state index in [1.165, 1.54) is 19.2 Å². The smallest absolute Gasteiger partial charge is 0.300 e. The minimum atomic E-state index is -0.833. The molecule has 2 saturated heterocycles. The zero-order chi connectivity index (χ0) is 23.4. The lowest BCUT2D eigenvalue weighted by atomic mass is 9.83. The van der Waals surface area contributed by atoms with E-state index < -0.39 is 5.97 Å². The molecule has 2 bridgehead atoms. The molecule has 0 saturated carbocycles. The molecule has 3 aliphatic rings. The molecule has 1 amide bonds. The second-order valence-corrected chi connectivity index (χ2v) is 9.12. The number of aryl methyl sites for hydroxylation is 1. The number of piperidine rings is 1. The van der Waals surface area contributed by atoms with Crippen LogP contribution in [-0.2, 0) is 29.2 Å². The van der Waals surface area contributed by atoms with Crippen LogP contribution in [0.5, 0.6) is 0 Å². The number of nitrogens with zero attached hydrogens (tertiary/aromatic N) is 7. The number of carboxylic acid groups (broad SMARTS) is 1. The third kappa shape index (κ3) is 5.65. The summed E-state index contributed by atoms with van der Waals surface area (Å²) in [6, 6.07) is 4.15. The monoisotopic (exact) mass is 457 g/mol. The minimum absolute atomic E-state index is 0.136. The number of pyridine rings is 1. The lowest BCUT2D eigenvalue weighted by Gasteiger charge is -2.43. The van der Waals surface area contributed by atoms with Crippen LogP contribution in [0, 0.1) is 5.92 Å². The first-order valence-corrected chi connectivity index (χ1v) is 11.5. The van der Waals surface area contributed by atoms with Crippen LogP contribution in [0.4, 0.5) is 0 Å². The molecule has 2 aromatic rings. The van der Waals surface area contributed by atoms with Gasteiger partial charge >= 0.3 is 0 Å². The number of likely N-dealkylation sites (tertiary alicyclic amines) is 2. The Kier molecular flexibility index (Phi) is 7.17. The van der Waals surface area contributed by atoms with E-state index >= 15 is 0 Å². The molecule has 2 aromatic heterocycles. The Balaban J connectivity index is 0.000000601. The molecule has 5 heterocycles. The number of rotatable bonds is 5. The number of hydrogen-bond acceptors (Lipinski definition) is 7. The molecule has 3 aliphatic heterocycles. The van der Waals surface area contributed by atoms with Crippen molar-refractivity contribution in [3.63, 3.8) is 0 Å². The van der Waals surface area contributed by atoms with Gasteiger partial charge in [-0.2, -0.15) is 0 Å². The standard InChI is InChI=1S/C20H27N7O2.C2H4O2/c28-19(5-8-26-14-21-22-23-26)25-10-15-9-17(13-25)18-4-3-16(20(29)27(18)11-15)12-24-6-1-2-7-24;1-2(3)4/h3-4,14-15,17H,1-2,5-13H2;1H3,(H,3,4)/t15-,17+;/m0./s1. The topological polar surface area (TPSA) is 126 Å². The van der Waals surface area contributed by atoms with E-state index in [1.807, 2.05) is 15.5 Å². The minimum Gasteiger partial charge on any atom is -0.481 e. The summed E-state index contributed by atoms with van der Waals surface area (Å²) >= 11 is 0.